The third kappa shape index (κ3) is 5.71. The number of esters is 1. The Kier molecular flexibility index (Phi) is 7.04. The number of anilines is 2. The van der Waals surface area contributed by atoms with Gasteiger partial charge in [-0.25, -0.2) is 9.59 Å². The molecule has 12 heteroatoms. The Balaban J connectivity index is 1.57. The van der Waals surface area contributed by atoms with Crippen molar-refractivity contribution in [2.75, 3.05) is 17.2 Å². The predicted octanol–water partition coefficient (Wildman–Crippen LogP) is 7.02. The van der Waals surface area contributed by atoms with Gasteiger partial charge in [-0.2, -0.15) is 13.2 Å². The van der Waals surface area contributed by atoms with E-state index in [1.807, 2.05) is 0 Å². The molecule has 0 spiro atoms. The van der Waals surface area contributed by atoms with Gasteiger partial charge in [0.15, 0.2) is 0 Å². The zero-order valence-electron chi connectivity index (χ0n) is 18.8. The highest BCUT2D eigenvalue weighted by Gasteiger charge is 2.30. The number of carbonyl (C=O) groups excluding carboxylic acids is 2. The predicted molar refractivity (Wildman–Crippen MR) is 124 cm³/mol. The van der Waals surface area contributed by atoms with Crippen molar-refractivity contribution in [3.63, 3.8) is 0 Å². The van der Waals surface area contributed by atoms with Gasteiger partial charge in [0.1, 0.15) is 0 Å². The van der Waals surface area contributed by atoms with E-state index in [4.69, 9.17) is 4.74 Å². The summed E-state index contributed by atoms with van der Waals surface area (Å²) in [6.07, 6.45) is -5.35. The van der Waals surface area contributed by atoms with E-state index in [0.717, 1.165) is 23.3 Å². The number of hydrogen-bond acceptors (Lipinski definition) is 7. The molecular formula is C24H19F3N6O3. The normalized spacial score (nSPS) is 13.0. The molecule has 1 heterocycles. The zero-order valence-corrected chi connectivity index (χ0v) is 18.8. The lowest BCUT2D eigenvalue weighted by molar-refractivity contribution is -0.137. The highest BCUT2D eigenvalue weighted by atomic mass is 19.4. The van der Waals surface area contributed by atoms with Crippen LogP contribution in [0.4, 0.5) is 29.3 Å². The molecule has 3 aromatic rings. The number of alkyl halides is 3. The molecule has 0 saturated carbocycles. The molecule has 2 N–H and O–H groups in total. The summed E-state index contributed by atoms with van der Waals surface area (Å²) < 4.78 is 43.9. The molecule has 4 rings (SSSR count). The van der Waals surface area contributed by atoms with Gasteiger partial charge in [0.25, 0.3) is 0 Å². The van der Waals surface area contributed by atoms with Crippen LogP contribution in [0.5, 0.6) is 0 Å². The van der Waals surface area contributed by atoms with Gasteiger partial charge in [-0.15, -0.1) is 10.2 Å². The minimum atomic E-state index is -4.54. The number of hydrogen-bond donors (Lipinski definition) is 2. The van der Waals surface area contributed by atoms with Crippen molar-refractivity contribution in [2.45, 2.75) is 19.3 Å². The molecule has 0 radical (unpaired) electrons. The molecule has 0 aromatic heterocycles. The van der Waals surface area contributed by atoms with Crippen LogP contribution in [0.3, 0.4) is 0 Å². The average Bonchev–Trinajstić information content (AvgIpc) is 3.39. The molecule has 9 nitrogen and oxygen atoms in total. The second kappa shape index (κ2) is 10.3. The molecule has 36 heavy (non-hydrogen) atoms. The van der Waals surface area contributed by atoms with Crippen molar-refractivity contribution in [1.29, 1.82) is 0 Å². The van der Waals surface area contributed by atoms with E-state index in [0.29, 0.717) is 16.8 Å². The van der Waals surface area contributed by atoms with Gasteiger partial charge in [-0.1, -0.05) is 24.3 Å². The smallest absolute Gasteiger partial charge is 0.416 e. The first-order valence-corrected chi connectivity index (χ1v) is 10.7. The third-order valence-corrected chi connectivity index (χ3v) is 5.12. The van der Waals surface area contributed by atoms with Crippen LogP contribution < -0.4 is 10.6 Å². The number of benzene rings is 3. The maximum atomic E-state index is 13.0. The van der Waals surface area contributed by atoms with Crippen LogP contribution in [0.25, 0.3) is 11.1 Å². The summed E-state index contributed by atoms with van der Waals surface area (Å²) in [5.41, 5.74) is 1.79. The molecule has 0 bridgehead atoms. The first-order chi connectivity index (χ1) is 17.2. The van der Waals surface area contributed by atoms with Crippen LogP contribution in [0, 0.1) is 0 Å². The number of amides is 2. The first-order valence-electron chi connectivity index (χ1n) is 10.7. The highest BCUT2D eigenvalue weighted by Crippen LogP contribution is 2.35. The van der Waals surface area contributed by atoms with Crippen LogP contribution in [0.2, 0.25) is 0 Å². The van der Waals surface area contributed by atoms with Gasteiger partial charge in [-0.3, -0.25) is 0 Å². The molecule has 0 unspecified atom stereocenters. The topological polar surface area (TPSA) is 117 Å². The molecule has 0 aliphatic carbocycles. The lowest BCUT2D eigenvalue weighted by atomic mass is 9.99. The molecule has 3 aromatic carbocycles. The zero-order chi connectivity index (χ0) is 25.7. The number of urea groups is 1. The maximum absolute atomic E-state index is 13.0. The Morgan fingerprint density at radius 2 is 1.61 bits per heavy atom. The standard InChI is InChI=1S/C24H19F3N6O3/c1-2-36-22(34)15-8-6-14(7-9-15)16-10-11-20(19(12-16)21-30-32-33-31-21)29-23(35)28-18-5-3-4-17(13-18)24(25,26)27/h3-13,21H,2H2,1H3,(H2,28,29,35). The quantitative estimate of drug-likeness (QED) is 0.357. The minimum Gasteiger partial charge on any atom is -0.462 e. The molecule has 0 fully saturated rings. The summed E-state index contributed by atoms with van der Waals surface area (Å²) in [7, 11) is 0. The summed E-state index contributed by atoms with van der Waals surface area (Å²) >= 11 is 0. The molecule has 2 amide bonds. The molecule has 0 atom stereocenters. The third-order valence-electron chi connectivity index (χ3n) is 5.12. The Bertz CT molecular complexity index is 1330. The van der Waals surface area contributed by atoms with E-state index in [1.165, 1.54) is 12.1 Å². The number of nitrogens with one attached hydrogen (secondary N) is 2. The van der Waals surface area contributed by atoms with Gasteiger partial charge in [0.2, 0.25) is 6.17 Å². The van der Waals surface area contributed by atoms with E-state index in [9.17, 15) is 22.8 Å². The Labute approximate surface area is 203 Å². The van der Waals surface area contributed by atoms with Crippen LogP contribution in [0.15, 0.2) is 87.4 Å². The van der Waals surface area contributed by atoms with Crippen LogP contribution in [-0.2, 0) is 10.9 Å². The Morgan fingerprint density at radius 1 is 0.917 bits per heavy atom. The maximum Gasteiger partial charge on any atom is 0.416 e. The molecular weight excluding hydrogens is 477 g/mol. The molecule has 0 saturated heterocycles. The van der Waals surface area contributed by atoms with E-state index < -0.39 is 29.9 Å². The first kappa shape index (κ1) is 24.5. The number of nitrogens with zero attached hydrogens (tertiary/aromatic N) is 4. The molecule has 184 valence electrons. The van der Waals surface area contributed by atoms with Gasteiger partial charge in [-0.05, 0) is 71.0 Å². The summed E-state index contributed by atoms with van der Waals surface area (Å²) in [6.45, 7) is 1.99. The summed E-state index contributed by atoms with van der Waals surface area (Å²) in [5, 5.41) is 19.9. The summed E-state index contributed by atoms with van der Waals surface area (Å²) in [6, 6.07) is 15.4. The number of halogens is 3. The van der Waals surface area contributed by atoms with Crippen LogP contribution in [-0.4, -0.2) is 18.6 Å². The van der Waals surface area contributed by atoms with Crippen molar-refractivity contribution in [1.82, 2.24) is 0 Å². The van der Waals surface area contributed by atoms with Crippen molar-refractivity contribution in [3.8, 4) is 11.1 Å². The number of ether oxygens (including phenoxy) is 1. The number of rotatable bonds is 6. The molecule has 1 aliphatic heterocycles. The lowest BCUT2D eigenvalue weighted by Gasteiger charge is -2.15. The SMILES string of the molecule is CCOC(=O)c1ccc(-c2ccc(NC(=O)Nc3cccc(C(F)(F)F)c3)c(C3N=NN=N3)c2)cc1. The van der Waals surface area contributed by atoms with E-state index >= 15 is 0 Å². The number of carbonyl (C=O) groups is 2. The van der Waals surface area contributed by atoms with E-state index in [1.54, 1.807) is 49.4 Å². The highest BCUT2D eigenvalue weighted by molar-refractivity contribution is 6.00. The fraction of sp³-hybridized carbons (Fsp3) is 0.167. The fourth-order valence-corrected chi connectivity index (χ4v) is 3.43. The average molecular weight is 496 g/mol. The Morgan fingerprint density at radius 3 is 2.28 bits per heavy atom. The lowest BCUT2D eigenvalue weighted by Crippen LogP contribution is -2.21. The van der Waals surface area contributed by atoms with Crippen LogP contribution in [0.1, 0.15) is 34.6 Å². The second-order valence-electron chi connectivity index (χ2n) is 7.54. The van der Waals surface area contributed by atoms with E-state index in [-0.39, 0.29) is 12.3 Å². The van der Waals surface area contributed by atoms with Gasteiger partial charge < -0.3 is 15.4 Å². The summed E-state index contributed by atoms with van der Waals surface area (Å²) in [5.74, 6) is -0.428. The fourth-order valence-electron chi connectivity index (χ4n) is 3.43. The van der Waals surface area contributed by atoms with Gasteiger partial charge in [0.05, 0.1) is 17.7 Å². The second-order valence-corrected chi connectivity index (χ2v) is 7.54. The Hall–Kier alpha value is -4.61. The van der Waals surface area contributed by atoms with E-state index in [2.05, 4.69) is 31.3 Å². The molecule has 1 aliphatic rings. The minimum absolute atomic E-state index is 0.0255. The van der Waals surface area contributed by atoms with Crippen LogP contribution >= 0.6 is 0 Å². The van der Waals surface area contributed by atoms with Crippen molar-refractivity contribution >= 4 is 23.4 Å². The largest absolute Gasteiger partial charge is 0.462 e. The van der Waals surface area contributed by atoms with Gasteiger partial charge in [0, 0.05) is 16.9 Å². The summed E-state index contributed by atoms with van der Waals surface area (Å²) in [4.78, 5) is 24.5. The monoisotopic (exact) mass is 496 g/mol. The van der Waals surface area contributed by atoms with Crippen molar-refractivity contribution in [3.05, 3.63) is 83.4 Å². The van der Waals surface area contributed by atoms with Gasteiger partial charge >= 0.3 is 18.2 Å². The van der Waals surface area contributed by atoms with Crippen molar-refractivity contribution < 1.29 is 27.5 Å². The van der Waals surface area contributed by atoms with Crippen molar-refractivity contribution in [2.24, 2.45) is 20.7 Å².